The van der Waals surface area contributed by atoms with Crippen LogP contribution in [0.25, 0.3) is 5.82 Å². The Kier molecular flexibility index (Phi) is 2.88. The van der Waals surface area contributed by atoms with Crippen LogP contribution in [0.1, 0.15) is 30.0 Å². The number of nitrogens with one attached hydrogen (secondary N) is 1. The van der Waals surface area contributed by atoms with Gasteiger partial charge in [-0.25, -0.2) is 14.8 Å². The molecule has 118 valence electrons. The Morgan fingerprint density at radius 3 is 2.96 bits per heavy atom. The highest BCUT2D eigenvalue weighted by Gasteiger charge is 2.30. The lowest BCUT2D eigenvalue weighted by molar-refractivity contribution is 0.290. The van der Waals surface area contributed by atoms with Crippen LogP contribution in [0.2, 0.25) is 1.41 Å². The Labute approximate surface area is 131 Å². The minimum atomic E-state index is -0.396. The Hall–Kier alpha value is -3.04. The third-order valence-electron chi connectivity index (χ3n) is 3.65. The lowest BCUT2D eigenvalue weighted by Crippen LogP contribution is -2.24. The van der Waals surface area contributed by atoms with Crippen molar-refractivity contribution in [1.29, 1.82) is 0 Å². The van der Waals surface area contributed by atoms with Crippen LogP contribution in [-0.4, -0.2) is 39.9 Å². The molecule has 1 N–H and O–H groups in total. The van der Waals surface area contributed by atoms with E-state index in [4.69, 9.17) is 6.15 Å². The molecule has 0 atom stereocenters. The summed E-state index contributed by atoms with van der Waals surface area (Å²) in [4.78, 5) is 20.7. The van der Waals surface area contributed by atoms with E-state index in [1.165, 1.54) is 19.6 Å². The molecule has 1 aliphatic carbocycles. The van der Waals surface area contributed by atoms with Crippen LogP contribution in [0.4, 0.5) is 0 Å². The Morgan fingerprint density at radius 2 is 2.30 bits per heavy atom. The summed E-state index contributed by atoms with van der Waals surface area (Å²) in [5, 5.41) is 12.3. The van der Waals surface area contributed by atoms with Crippen molar-refractivity contribution >= 4 is 0 Å². The zero-order valence-electron chi connectivity index (χ0n) is 13.3. The van der Waals surface area contributed by atoms with Gasteiger partial charge in [0.05, 0.1) is 11.3 Å². The topological polar surface area (TPSA) is 116 Å². The summed E-state index contributed by atoms with van der Waals surface area (Å²) < 4.78 is 15.3. The van der Waals surface area contributed by atoms with Gasteiger partial charge in [-0.3, -0.25) is 5.09 Å². The first-order chi connectivity index (χ1) is 11.6. The summed E-state index contributed by atoms with van der Waals surface area (Å²) in [5.74, 6) is 1.01. The number of tetrazole rings is 1. The predicted molar refractivity (Wildman–Crippen MR) is 77.1 cm³/mol. The summed E-state index contributed by atoms with van der Waals surface area (Å²) in [6.45, 7) is 0.127. The SMILES string of the molecule is [3H]n1ccc(OCc2c(C3CC3)ncnc2-n2nnn(C)c2=O)n1. The molecule has 0 amide bonds. The molecule has 0 radical (unpaired) electrons. The quantitative estimate of drug-likeness (QED) is 0.700. The van der Waals surface area contributed by atoms with Crippen molar-refractivity contribution in [2.45, 2.75) is 25.4 Å². The van der Waals surface area contributed by atoms with E-state index in [2.05, 4.69) is 25.5 Å². The molecule has 0 spiro atoms. The van der Waals surface area contributed by atoms with Gasteiger partial charge in [-0.2, -0.15) is 4.68 Å². The number of aromatic amines is 1. The maximum absolute atomic E-state index is 12.2. The van der Waals surface area contributed by atoms with E-state index in [1.807, 2.05) is 0 Å². The van der Waals surface area contributed by atoms with Gasteiger partial charge >= 0.3 is 5.69 Å². The molecule has 4 rings (SSSR count). The molecule has 23 heavy (non-hydrogen) atoms. The first-order valence-electron chi connectivity index (χ1n) is 7.59. The fraction of sp³-hybridized carbons (Fsp3) is 0.385. The number of ether oxygens (including phenoxy) is 1. The molecule has 10 nitrogen and oxygen atoms in total. The van der Waals surface area contributed by atoms with Crippen molar-refractivity contribution in [2.24, 2.45) is 7.05 Å². The first-order valence-corrected chi connectivity index (χ1v) is 7.14. The molecule has 3 aromatic heterocycles. The molecule has 10 heteroatoms. The summed E-state index contributed by atoms with van der Waals surface area (Å²) >= 11 is 0. The lowest BCUT2D eigenvalue weighted by atomic mass is 10.1. The molecular weight excluding hydrogens is 300 g/mol. The van der Waals surface area contributed by atoms with Gasteiger partial charge < -0.3 is 4.74 Å². The van der Waals surface area contributed by atoms with Gasteiger partial charge in [-0.05, 0) is 23.3 Å². The van der Waals surface area contributed by atoms with Gasteiger partial charge in [0.25, 0.3) is 0 Å². The number of aryl methyl sites for hydroxylation is 1. The smallest absolute Gasteiger partial charge is 0.369 e. The zero-order valence-corrected chi connectivity index (χ0v) is 12.3. The second-order valence-electron chi connectivity index (χ2n) is 5.29. The number of hydrogen-bond donors (Lipinski definition) is 1. The van der Waals surface area contributed by atoms with Crippen molar-refractivity contribution < 1.29 is 6.15 Å². The van der Waals surface area contributed by atoms with Crippen LogP contribution in [0.15, 0.2) is 23.4 Å². The number of hydrogen-bond acceptors (Lipinski definition) is 7. The predicted octanol–water partition coefficient (Wildman–Crippen LogP) is -0.0645. The third-order valence-corrected chi connectivity index (χ3v) is 3.65. The molecule has 1 saturated carbocycles. The molecule has 0 aliphatic heterocycles. The number of aromatic nitrogens is 8. The largest absolute Gasteiger partial charge is 0.472 e. The van der Waals surface area contributed by atoms with Crippen molar-refractivity contribution in [1.82, 2.24) is 39.9 Å². The fourth-order valence-corrected chi connectivity index (χ4v) is 2.34. The van der Waals surface area contributed by atoms with Gasteiger partial charge in [0.2, 0.25) is 5.88 Å². The fourth-order valence-electron chi connectivity index (χ4n) is 2.34. The minimum absolute atomic E-state index is 0.127. The molecule has 0 saturated heterocycles. The van der Waals surface area contributed by atoms with Gasteiger partial charge in [-0.1, -0.05) is 0 Å². The van der Waals surface area contributed by atoms with Gasteiger partial charge in [-0.15, -0.1) is 9.78 Å². The van der Waals surface area contributed by atoms with Crippen molar-refractivity contribution in [3.05, 3.63) is 40.3 Å². The maximum atomic E-state index is 12.2. The molecule has 1 aliphatic rings. The number of H-pyrrole nitrogens is 1. The molecule has 3 heterocycles. The highest BCUT2D eigenvalue weighted by molar-refractivity contribution is 5.38. The molecule has 0 unspecified atom stereocenters. The van der Waals surface area contributed by atoms with E-state index in [-0.39, 0.29) is 6.61 Å². The standard InChI is InChI=1S/C13H14N8O2/c1-20-13(22)21(19-18-20)12-9(6-23-10-4-5-16-17-10)11(8-2-3-8)14-7-15-12/h4-5,7-8H,2-3,6H2,1H3,(H,16,17)/i/hT. The van der Waals surface area contributed by atoms with Crippen molar-refractivity contribution in [2.75, 3.05) is 0 Å². The average molecular weight is 316 g/mol. The van der Waals surface area contributed by atoms with Crippen LogP contribution in [0.3, 0.4) is 0 Å². The van der Waals surface area contributed by atoms with E-state index in [1.54, 1.807) is 6.07 Å². The van der Waals surface area contributed by atoms with Crippen LogP contribution in [0, 0.1) is 0 Å². The minimum Gasteiger partial charge on any atom is -0.472 e. The molecule has 0 aromatic carbocycles. The van der Waals surface area contributed by atoms with Crippen molar-refractivity contribution in [3.8, 4) is 11.7 Å². The van der Waals surface area contributed by atoms with Gasteiger partial charge in [0, 0.05) is 25.2 Å². The second kappa shape index (κ2) is 5.30. The lowest BCUT2D eigenvalue weighted by Gasteiger charge is -2.11. The highest BCUT2D eigenvalue weighted by Crippen LogP contribution is 2.41. The summed E-state index contributed by atoms with van der Waals surface area (Å²) in [6.07, 6.45) is 4.97. The highest BCUT2D eigenvalue weighted by atomic mass is 16.5. The average Bonchev–Trinajstić information content (AvgIpc) is 3.27. The van der Waals surface area contributed by atoms with Gasteiger partial charge in [0.15, 0.2) is 7.23 Å². The summed E-state index contributed by atoms with van der Waals surface area (Å²) in [5.41, 5.74) is 1.14. The molecule has 3 aromatic rings. The molecular formula is C13H14N8O2. The third kappa shape index (κ3) is 2.47. The number of nitrogens with zero attached hydrogens (tertiary/aromatic N) is 7. The molecule has 1 fully saturated rings. The van der Waals surface area contributed by atoms with Crippen LogP contribution in [0.5, 0.6) is 5.88 Å². The van der Waals surface area contributed by atoms with Crippen molar-refractivity contribution in [3.63, 3.8) is 0 Å². The first kappa shape index (κ1) is 12.5. The Balaban J connectivity index is 1.74. The summed E-state index contributed by atoms with van der Waals surface area (Å²) in [7, 11) is 1.52. The summed E-state index contributed by atoms with van der Waals surface area (Å²) in [6, 6.07) is 1.59. The van der Waals surface area contributed by atoms with Gasteiger partial charge in [0.1, 0.15) is 12.9 Å². The zero-order chi connectivity index (χ0) is 16.7. The Bertz CT molecular complexity index is 942. The van der Waals surface area contributed by atoms with E-state index in [9.17, 15) is 4.79 Å². The normalized spacial score (nSPS) is 14.7. The van der Waals surface area contributed by atoms with Crippen LogP contribution in [-0.2, 0) is 13.7 Å². The second-order valence-corrected chi connectivity index (χ2v) is 5.29. The van der Waals surface area contributed by atoms with E-state index in [0.717, 1.165) is 33.0 Å². The van der Waals surface area contributed by atoms with Crippen LogP contribution < -0.4 is 10.4 Å². The van der Waals surface area contributed by atoms with E-state index < -0.39 is 5.69 Å². The number of rotatable bonds is 5. The van der Waals surface area contributed by atoms with E-state index >= 15 is 0 Å². The monoisotopic (exact) mass is 316 g/mol. The van der Waals surface area contributed by atoms with E-state index in [0.29, 0.717) is 23.2 Å². The maximum Gasteiger partial charge on any atom is 0.369 e. The Morgan fingerprint density at radius 1 is 1.43 bits per heavy atom. The molecule has 0 bridgehead atoms. The van der Waals surface area contributed by atoms with Crippen LogP contribution >= 0.6 is 0 Å².